The second-order valence-corrected chi connectivity index (χ2v) is 4.58. The Labute approximate surface area is 110 Å². The quantitative estimate of drug-likeness (QED) is 0.806. The van der Waals surface area contributed by atoms with E-state index in [1.54, 1.807) is 6.07 Å². The Kier molecular flexibility index (Phi) is 5.99. The van der Waals surface area contributed by atoms with Crippen molar-refractivity contribution in [2.75, 3.05) is 13.7 Å². The molecule has 0 fully saturated rings. The third-order valence-electron chi connectivity index (χ3n) is 3.37. The molecule has 1 rings (SSSR count). The lowest BCUT2D eigenvalue weighted by atomic mass is 10.1. The highest BCUT2D eigenvalue weighted by molar-refractivity contribution is 5.45. The van der Waals surface area contributed by atoms with Crippen LogP contribution in [0.4, 0.5) is 0 Å². The molecule has 1 aromatic rings. The Morgan fingerprint density at radius 2 is 1.89 bits per heavy atom. The van der Waals surface area contributed by atoms with E-state index in [9.17, 15) is 5.11 Å². The van der Waals surface area contributed by atoms with Gasteiger partial charge in [0.05, 0.1) is 6.61 Å². The normalized spacial score (nSPS) is 11.2. The number of hydrogen-bond acceptors (Lipinski definition) is 3. The molecule has 102 valence electrons. The number of rotatable bonds is 7. The number of nitrogens with zero attached hydrogens (tertiary/aromatic N) is 1. The van der Waals surface area contributed by atoms with Crippen LogP contribution in [-0.2, 0) is 6.54 Å². The van der Waals surface area contributed by atoms with E-state index in [1.165, 1.54) is 0 Å². The van der Waals surface area contributed by atoms with Crippen LogP contribution < -0.4 is 4.74 Å². The topological polar surface area (TPSA) is 32.7 Å². The van der Waals surface area contributed by atoms with Gasteiger partial charge in [-0.1, -0.05) is 26.0 Å². The van der Waals surface area contributed by atoms with Crippen molar-refractivity contribution in [2.24, 2.45) is 0 Å². The fourth-order valence-corrected chi connectivity index (χ4v) is 2.28. The van der Waals surface area contributed by atoms with Crippen molar-refractivity contribution in [3.05, 3.63) is 23.8 Å². The van der Waals surface area contributed by atoms with E-state index >= 15 is 0 Å². The lowest BCUT2D eigenvalue weighted by molar-refractivity contribution is 0.218. The number of ether oxygens (including phenoxy) is 1. The van der Waals surface area contributed by atoms with Crippen molar-refractivity contribution in [1.29, 1.82) is 0 Å². The van der Waals surface area contributed by atoms with E-state index in [0.29, 0.717) is 18.4 Å². The monoisotopic (exact) mass is 251 g/mol. The summed E-state index contributed by atoms with van der Waals surface area (Å²) in [4.78, 5) is 2.28. The van der Waals surface area contributed by atoms with Crippen molar-refractivity contribution < 1.29 is 9.84 Å². The first-order valence-corrected chi connectivity index (χ1v) is 6.77. The summed E-state index contributed by atoms with van der Waals surface area (Å²) >= 11 is 0. The lowest BCUT2D eigenvalue weighted by Gasteiger charge is -2.26. The van der Waals surface area contributed by atoms with Gasteiger partial charge >= 0.3 is 0 Å². The first-order chi connectivity index (χ1) is 8.63. The number of para-hydroxylation sites is 1. The molecule has 0 atom stereocenters. The number of hydrogen-bond donors (Lipinski definition) is 1. The molecule has 0 aliphatic rings. The maximum Gasteiger partial charge on any atom is 0.162 e. The van der Waals surface area contributed by atoms with Gasteiger partial charge in [-0.15, -0.1) is 0 Å². The number of phenols is 1. The second kappa shape index (κ2) is 7.27. The molecule has 0 spiro atoms. The Bertz CT molecular complexity index is 362. The molecule has 3 heteroatoms. The van der Waals surface area contributed by atoms with Crippen molar-refractivity contribution in [2.45, 2.75) is 46.2 Å². The minimum Gasteiger partial charge on any atom is -0.504 e. The number of aromatic hydroxyl groups is 1. The van der Waals surface area contributed by atoms with E-state index in [2.05, 4.69) is 25.8 Å². The Morgan fingerprint density at radius 1 is 1.22 bits per heavy atom. The predicted octanol–water partition coefficient (Wildman–Crippen LogP) is 3.41. The summed E-state index contributed by atoms with van der Waals surface area (Å²) < 4.78 is 5.40. The van der Waals surface area contributed by atoms with E-state index in [-0.39, 0.29) is 5.75 Å². The predicted molar refractivity (Wildman–Crippen MR) is 75.1 cm³/mol. The zero-order valence-corrected chi connectivity index (χ0v) is 11.9. The van der Waals surface area contributed by atoms with Gasteiger partial charge in [0.2, 0.25) is 0 Å². The smallest absolute Gasteiger partial charge is 0.162 e. The molecule has 18 heavy (non-hydrogen) atoms. The maximum atomic E-state index is 10.1. The van der Waals surface area contributed by atoms with Gasteiger partial charge in [0, 0.05) is 18.2 Å². The molecule has 0 saturated carbocycles. The van der Waals surface area contributed by atoms with Crippen molar-refractivity contribution in [1.82, 2.24) is 4.90 Å². The lowest BCUT2D eigenvalue weighted by Crippen LogP contribution is -2.30. The van der Waals surface area contributed by atoms with Gasteiger partial charge < -0.3 is 9.84 Å². The Balaban J connectivity index is 2.81. The summed E-state index contributed by atoms with van der Waals surface area (Å²) in [5.41, 5.74) is 0.926. The van der Waals surface area contributed by atoms with Gasteiger partial charge in [-0.05, 0) is 32.9 Å². The van der Waals surface area contributed by atoms with Gasteiger partial charge in [-0.2, -0.15) is 0 Å². The Morgan fingerprint density at radius 3 is 2.44 bits per heavy atom. The molecule has 0 radical (unpaired) electrons. The number of benzene rings is 1. The summed E-state index contributed by atoms with van der Waals surface area (Å²) in [5.74, 6) is 0.852. The van der Waals surface area contributed by atoms with E-state index in [0.717, 1.165) is 24.9 Å². The number of phenolic OH excluding ortho intramolecular Hbond substituents is 1. The minimum absolute atomic E-state index is 0.275. The van der Waals surface area contributed by atoms with E-state index < -0.39 is 0 Å². The molecular formula is C15H25NO2. The van der Waals surface area contributed by atoms with Gasteiger partial charge in [-0.3, -0.25) is 4.90 Å². The van der Waals surface area contributed by atoms with Gasteiger partial charge in [0.25, 0.3) is 0 Å². The molecule has 0 saturated heterocycles. The maximum absolute atomic E-state index is 10.1. The van der Waals surface area contributed by atoms with Crippen LogP contribution in [0.15, 0.2) is 18.2 Å². The Hall–Kier alpha value is -1.22. The van der Waals surface area contributed by atoms with Gasteiger partial charge in [0.15, 0.2) is 11.5 Å². The van der Waals surface area contributed by atoms with Crippen LogP contribution in [0.1, 0.15) is 39.2 Å². The highest BCUT2D eigenvalue weighted by Crippen LogP contribution is 2.30. The molecular weight excluding hydrogens is 226 g/mol. The summed E-state index contributed by atoms with van der Waals surface area (Å²) in [5, 5.41) is 10.1. The first kappa shape index (κ1) is 14.8. The average molecular weight is 251 g/mol. The van der Waals surface area contributed by atoms with Crippen LogP contribution in [0.3, 0.4) is 0 Å². The second-order valence-electron chi connectivity index (χ2n) is 4.58. The molecule has 1 aromatic carbocycles. The molecule has 1 N–H and O–H groups in total. The van der Waals surface area contributed by atoms with Crippen LogP contribution in [0.5, 0.6) is 11.5 Å². The van der Waals surface area contributed by atoms with Crippen LogP contribution in [0.2, 0.25) is 0 Å². The molecule has 0 aliphatic heterocycles. The molecule has 3 nitrogen and oxygen atoms in total. The third kappa shape index (κ3) is 3.64. The summed E-state index contributed by atoms with van der Waals surface area (Å²) in [6.45, 7) is 7.63. The largest absolute Gasteiger partial charge is 0.504 e. The van der Waals surface area contributed by atoms with Crippen LogP contribution >= 0.6 is 0 Å². The minimum atomic E-state index is 0.275. The summed E-state index contributed by atoms with van der Waals surface area (Å²) in [6.07, 6.45) is 2.25. The van der Waals surface area contributed by atoms with Crippen LogP contribution in [-0.4, -0.2) is 29.7 Å². The molecule has 0 amide bonds. The van der Waals surface area contributed by atoms with Crippen molar-refractivity contribution in [3.63, 3.8) is 0 Å². The molecule has 0 aliphatic carbocycles. The first-order valence-electron chi connectivity index (χ1n) is 6.77. The van der Waals surface area contributed by atoms with E-state index in [1.807, 2.05) is 19.1 Å². The molecule has 0 aromatic heterocycles. The fourth-order valence-electron chi connectivity index (χ4n) is 2.28. The summed E-state index contributed by atoms with van der Waals surface area (Å²) in [6, 6.07) is 6.25. The van der Waals surface area contributed by atoms with Crippen molar-refractivity contribution in [3.8, 4) is 11.5 Å². The third-order valence-corrected chi connectivity index (χ3v) is 3.37. The van der Waals surface area contributed by atoms with Crippen LogP contribution in [0, 0.1) is 0 Å². The SMILES string of the molecule is CCOc1cccc(CN(C)C(CC)CC)c1O. The standard InChI is InChI=1S/C15H25NO2/c1-5-13(6-2)16(4)11-12-9-8-10-14(15(12)17)18-7-3/h8-10,13,17H,5-7,11H2,1-4H3. The summed E-state index contributed by atoms with van der Waals surface area (Å²) in [7, 11) is 2.10. The zero-order valence-electron chi connectivity index (χ0n) is 11.9. The molecule has 0 unspecified atom stereocenters. The van der Waals surface area contributed by atoms with Crippen LogP contribution in [0.25, 0.3) is 0 Å². The van der Waals surface area contributed by atoms with Gasteiger partial charge in [-0.25, -0.2) is 0 Å². The van der Waals surface area contributed by atoms with Gasteiger partial charge in [0.1, 0.15) is 0 Å². The molecule has 0 bridgehead atoms. The average Bonchev–Trinajstić information content (AvgIpc) is 2.36. The zero-order chi connectivity index (χ0) is 13.5. The highest BCUT2D eigenvalue weighted by atomic mass is 16.5. The van der Waals surface area contributed by atoms with Crippen molar-refractivity contribution >= 4 is 0 Å². The molecule has 0 heterocycles. The van der Waals surface area contributed by atoms with E-state index in [4.69, 9.17) is 4.74 Å². The fraction of sp³-hybridized carbons (Fsp3) is 0.600. The highest BCUT2D eigenvalue weighted by Gasteiger charge is 2.14.